The summed E-state index contributed by atoms with van der Waals surface area (Å²) in [7, 11) is 0. The first-order valence-corrected chi connectivity index (χ1v) is 10.0. The average Bonchev–Trinajstić information content (AvgIpc) is 2.97. The van der Waals surface area contributed by atoms with Crippen molar-refractivity contribution in [1.29, 1.82) is 0 Å². The smallest absolute Gasteiger partial charge is 0.282 e. The lowest BCUT2D eigenvalue weighted by atomic mass is 10.0. The van der Waals surface area contributed by atoms with Crippen LogP contribution in [0.25, 0.3) is 5.57 Å². The molecule has 0 unspecified atom stereocenters. The van der Waals surface area contributed by atoms with Gasteiger partial charge in [-0.15, -0.1) is 0 Å². The van der Waals surface area contributed by atoms with Crippen molar-refractivity contribution in [2.75, 3.05) is 10.2 Å². The molecule has 4 rings (SSSR count). The molecular weight excluding hydrogens is 396 g/mol. The summed E-state index contributed by atoms with van der Waals surface area (Å²) in [5.74, 6) is -0.732. The number of nitrogens with zero attached hydrogens (tertiary/aromatic N) is 1. The Morgan fingerprint density at radius 1 is 0.800 bits per heavy atom. The molecule has 5 heteroatoms. The Bertz CT molecular complexity index is 1200. The normalized spacial score (nSPS) is 13.9. The van der Waals surface area contributed by atoms with Crippen molar-refractivity contribution in [1.82, 2.24) is 0 Å². The monoisotopic (exact) mass is 416 g/mol. The number of carbonyl (C=O) groups is 2. The Morgan fingerprint density at radius 3 is 2.20 bits per heavy atom. The van der Waals surface area contributed by atoms with Crippen LogP contribution < -0.4 is 10.2 Å². The molecule has 3 aromatic rings. The predicted molar refractivity (Wildman–Crippen MR) is 122 cm³/mol. The van der Waals surface area contributed by atoms with E-state index >= 15 is 0 Å². The first kappa shape index (κ1) is 19.9. The van der Waals surface area contributed by atoms with Crippen LogP contribution in [0, 0.1) is 20.8 Å². The van der Waals surface area contributed by atoms with Crippen molar-refractivity contribution in [3.05, 3.63) is 99.7 Å². The molecule has 0 fully saturated rings. The van der Waals surface area contributed by atoms with Gasteiger partial charge >= 0.3 is 0 Å². The van der Waals surface area contributed by atoms with E-state index in [0.29, 0.717) is 27.5 Å². The summed E-state index contributed by atoms with van der Waals surface area (Å²) < 4.78 is 0. The standard InChI is InChI=1S/C25H21ClN2O2/c1-15-9-10-17(3)21(13-15)28-24(29)22(18-7-5-4-6-8-18)23(25(28)30)27-19-12-11-16(2)20(26)14-19/h4-14,27H,1-3H3. The molecule has 1 N–H and O–H groups in total. The number of hydrogen-bond donors (Lipinski definition) is 1. The van der Waals surface area contributed by atoms with Crippen molar-refractivity contribution in [3.8, 4) is 0 Å². The van der Waals surface area contributed by atoms with E-state index in [1.54, 1.807) is 6.07 Å². The highest BCUT2D eigenvalue weighted by Crippen LogP contribution is 2.35. The number of nitrogens with one attached hydrogen (secondary N) is 1. The van der Waals surface area contributed by atoms with Gasteiger partial charge < -0.3 is 5.32 Å². The van der Waals surface area contributed by atoms with Crippen LogP contribution in [0.2, 0.25) is 5.02 Å². The summed E-state index contributed by atoms with van der Waals surface area (Å²) in [4.78, 5) is 28.2. The molecule has 150 valence electrons. The van der Waals surface area contributed by atoms with Gasteiger partial charge in [0.1, 0.15) is 5.70 Å². The van der Waals surface area contributed by atoms with E-state index in [1.165, 1.54) is 4.90 Å². The maximum Gasteiger partial charge on any atom is 0.282 e. The third-order valence-electron chi connectivity index (χ3n) is 5.19. The second-order valence-electron chi connectivity index (χ2n) is 7.44. The molecule has 4 nitrogen and oxygen atoms in total. The molecule has 0 aliphatic carbocycles. The van der Waals surface area contributed by atoms with Crippen molar-refractivity contribution >= 4 is 40.4 Å². The second-order valence-corrected chi connectivity index (χ2v) is 7.85. The van der Waals surface area contributed by atoms with E-state index in [2.05, 4.69) is 5.32 Å². The van der Waals surface area contributed by atoms with Gasteiger partial charge in [0, 0.05) is 10.7 Å². The molecule has 1 aliphatic rings. The SMILES string of the molecule is Cc1ccc(C)c(N2C(=O)C(Nc3ccc(C)c(Cl)c3)=C(c3ccccc3)C2=O)c1. The van der Waals surface area contributed by atoms with Crippen LogP contribution in [0.4, 0.5) is 11.4 Å². The molecule has 0 aromatic heterocycles. The van der Waals surface area contributed by atoms with Crippen LogP contribution in [0.3, 0.4) is 0 Å². The summed E-state index contributed by atoms with van der Waals surface area (Å²) in [6.45, 7) is 5.74. The van der Waals surface area contributed by atoms with Gasteiger partial charge in [0.15, 0.2) is 0 Å². The lowest BCUT2D eigenvalue weighted by Crippen LogP contribution is -2.33. The third-order valence-corrected chi connectivity index (χ3v) is 5.60. The first-order valence-electron chi connectivity index (χ1n) is 9.65. The fourth-order valence-electron chi connectivity index (χ4n) is 3.51. The number of rotatable bonds is 4. The molecule has 1 heterocycles. The van der Waals surface area contributed by atoms with E-state index in [1.807, 2.05) is 81.4 Å². The van der Waals surface area contributed by atoms with Crippen molar-refractivity contribution in [2.45, 2.75) is 20.8 Å². The van der Waals surface area contributed by atoms with Crippen LogP contribution in [0.5, 0.6) is 0 Å². The second kappa shape index (κ2) is 7.81. The summed E-state index contributed by atoms with van der Waals surface area (Å²) in [6.07, 6.45) is 0. The summed E-state index contributed by atoms with van der Waals surface area (Å²) in [5, 5.41) is 3.74. The number of carbonyl (C=O) groups excluding carboxylic acids is 2. The number of aryl methyl sites for hydroxylation is 3. The van der Waals surface area contributed by atoms with E-state index in [4.69, 9.17) is 11.6 Å². The molecule has 2 amide bonds. The Hall–Kier alpha value is -3.37. The van der Waals surface area contributed by atoms with Gasteiger partial charge in [-0.25, -0.2) is 4.90 Å². The summed E-state index contributed by atoms with van der Waals surface area (Å²) >= 11 is 6.26. The highest BCUT2D eigenvalue weighted by molar-refractivity contribution is 6.46. The topological polar surface area (TPSA) is 49.4 Å². The van der Waals surface area contributed by atoms with Gasteiger partial charge in [-0.3, -0.25) is 9.59 Å². The predicted octanol–water partition coefficient (Wildman–Crippen LogP) is 5.66. The number of anilines is 2. The summed E-state index contributed by atoms with van der Waals surface area (Å²) in [5.41, 5.74) is 5.29. The zero-order valence-electron chi connectivity index (χ0n) is 17.0. The third kappa shape index (κ3) is 3.51. The molecule has 0 spiro atoms. The quantitative estimate of drug-likeness (QED) is 0.558. The molecule has 0 saturated carbocycles. The molecule has 0 atom stereocenters. The molecule has 30 heavy (non-hydrogen) atoms. The van der Waals surface area contributed by atoms with Gasteiger partial charge in [0.2, 0.25) is 0 Å². The molecule has 3 aromatic carbocycles. The Labute approximate surface area is 180 Å². The van der Waals surface area contributed by atoms with Crippen LogP contribution in [-0.4, -0.2) is 11.8 Å². The first-order chi connectivity index (χ1) is 14.4. The van der Waals surface area contributed by atoms with E-state index in [0.717, 1.165) is 16.7 Å². The number of amides is 2. The van der Waals surface area contributed by atoms with Gasteiger partial charge in [-0.2, -0.15) is 0 Å². The molecule has 1 aliphatic heterocycles. The maximum atomic E-state index is 13.5. The highest BCUT2D eigenvalue weighted by atomic mass is 35.5. The minimum atomic E-state index is -0.385. The maximum absolute atomic E-state index is 13.5. The fourth-order valence-corrected chi connectivity index (χ4v) is 3.69. The lowest BCUT2D eigenvalue weighted by molar-refractivity contribution is -0.120. The van der Waals surface area contributed by atoms with Crippen molar-refractivity contribution in [3.63, 3.8) is 0 Å². The molecular formula is C25H21ClN2O2. The van der Waals surface area contributed by atoms with Crippen molar-refractivity contribution < 1.29 is 9.59 Å². The lowest BCUT2D eigenvalue weighted by Gasteiger charge is -2.18. The highest BCUT2D eigenvalue weighted by Gasteiger charge is 2.40. The Kier molecular flexibility index (Phi) is 5.18. The number of benzene rings is 3. The van der Waals surface area contributed by atoms with Crippen LogP contribution in [-0.2, 0) is 9.59 Å². The van der Waals surface area contributed by atoms with E-state index < -0.39 is 0 Å². The molecule has 0 bridgehead atoms. The Balaban J connectivity index is 1.84. The van der Waals surface area contributed by atoms with Gasteiger partial charge in [-0.1, -0.05) is 60.1 Å². The van der Waals surface area contributed by atoms with Gasteiger partial charge in [0.05, 0.1) is 11.3 Å². The van der Waals surface area contributed by atoms with E-state index in [-0.39, 0.29) is 17.5 Å². The Morgan fingerprint density at radius 2 is 1.50 bits per heavy atom. The number of imide groups is 1. The van der Waals surface area contributed by atoms with Crippen LogP contribution in [0.15, 0.2) is 72.4 Å². The van der Waals surface area contributed by atoms with Gasteiger partial charge in [0.25, 0.3) is 11.8 Å². The summed E-state index contributed by atoms with van der Waals surface area (Å²) in [6, 6.07) is 20.4. The largest absolute Gasteiger partial charge is 0.350 e. The average molecular weight is 417 g/mol. The van der Waals surface area contributed by atoms with E-state index in [9.17, 15) is 9.59 Å². The zero-order valence-corrected chi connectivity index (χ0v) is 17.7. The number of halogens is 1. The minimum Gasteiger partial charge on any atom is -0.350 e. The van der Waals surface area contributed by atoms with Gasteiger partial charge in [-0.05, 0) is 61.2 Å². The van der Waals surface area contributed by atoms with Crippen LogP contribution >= 0.6 is 11.6 Å². The minimum absolute atomic E-state index is 0.243. The molecule has 0 saturated heterocycles. The fraction of sp³-hybridized carbons (Fsp3) is 0.120. The number of hydrogen-bond acceptors (Lipinski definition) is 3. The zero-order chi connectivity index (χ0) is 21.4. The molecule has 0 radical (unpaired) electrons. The van der Waals surface area contributed by atoms with Crippen LogP contribution in [0.1, 0.15) is 22.3 Å². The van der Waals surface area contributed by atoms with Crippen molar-refractivity contribution in [2.24, 2.45) is 0 Å².